The number of carbonyl (C=O) groups is 1. The highest BCUT2D eigenvalue weighted by Crippen LogP contribution is 2.29. The van der Waals surface area contributed by atoms with Crippen molar-refractivity contribution in [2.45, 2.75) is 5.75 Å². The van der Waals surface area contributed by atoms with Gasteiger partial charge in [-0.2, -0.15) is 4.39 Å². The van der Waals surface area contributed by atoms with Gasteiger partial charge in [-0.15, -0.1) is 11.8 Å². The number of Topliss-reactive ketones (excluding diaryl/α,β-unsaturated/α-hetero) is 1. The molecule has 0 amide bonds. The van der Waals surface area contributed by atoms with E-state index < -0.39 is 28.0 Å². The maximum Gasteiger partial charge on any atom is 0.305 e. The fraction of sp³-hybridized carbons (Fsp3) is 0.0455. The monoisotopic (exact) mass is 429 g/mol. The number of thioether (sulfide) groups is 1. The normalized spacial score (nSPS) is 11.4. The van der Waals surface area contributed by atoms with Gasteiger partial charge in [0.05, 0.1) is 9.83 Å². The van der Waals surface area contributed by atoms with E-state index in [0.717, 1.165) is 41.6 Å². The van der Waals surface area contributed by atoms with Crippen LogP contribution < -0.4 is 0 Å². The molecule has 152 valence electrons. The van der Waals surface area contributed by atoms with Gasteiger partial charge in [-0.25, -0.2) is 8.78 Å². The van der Waals surface area contributed by atoms with Crippen molar-refractivity contribution in [3.8, 4) is 0 Å². The van der Waals surface area contributed by atoms with E-state index in [4.69, 9.17) is 0 Å². The average Bonchev–Trinajstić information content (AvgIpc) is 2.73. The maximum absolute atomic E-state index is 13.6. The van der Waals surface area contributed by atoms with E-state index in [0.29, 0.717) is 5.75 Å². The molecule has 4 nitrogen and oxygen atoms in total. The van der Waals surface area contributed by atoms with E-state index in [1.165, 1.54) is 36.4 Å². The smallest absolute Gasteiger partial charge is 0.288 e. The first-order valence-corrected chi connectivity index (χ1v) is 9.65. The standard InChI is InChI=1S/C22H14F3NO3S/c23-17-6-1-14(2-7-17)13-30-21(22(27)16-4-8-18(24)9-5-16)12-15-3-10-19(25)20(11-15)26(28)29/h1-12H,13H2/b21-12+. The number of hydrogen-bond donors (Lipinski definition) is 0. The van der Waals surface area contributed by atoms with Gasteiger partial charge >= 0.3 is 5.69 Å². The van der Waals surface area contributed by atoms with Gasteiger partial charge in [-0.1, -0.05) is 18.2 Å². The van der Waals surface area contributed by atoms with Crippen molar-refractivity contribution < 1.29 is 22.9 Å². The molecule has 3 rings (SSSR count). The molecule has 0 bridgehead atoms. The number of allylic oxidation sites excluding steroid dienone is 1. The quantitative estimate of drug-likeness (QED) is 0.195. The first-order chi connectivity index (χ1) is 14.3. The lowest BCUT2D eigenvalue weighted by molar-refractivity contribution is -0.387. The fourth-order valence-electron chi connectivity index (χ4n) is 2.57. The van der Waals surface area contributed by atoms with Crippen LogP contribution in [0.5, 0.6) is 0 Å². The van der Waals surface area contributed by atoms with Crippen LogP contribution >= 0.6 is 11.8 Å². The molecule has 8 heteroatoms. The second kappa shape index (κ2) is 9.41. The number of nitro benzene ring substituents is 1. The Morgan fingerprint density at radius 2 is 1.53 bits per heavy atom. The van der Waals surface area contributed by atoms with Crippen molar-refractivity contribution in [1.82, 2.24) is 0 Å². The Hall–Kier alpha value is -3.39. The van der Waals surface area contributed by atoms with Crippen molar-refractivity contribution in [2.24, 2.45) is 0 Å². The van der Waals surface area contributed by atoms with Gasteiger partial charge in [-0.05, 0) is 59.7 Å². The molecule has 0 saturated heterocycles. The molecule has 0 fully saturated rings. The number of nitrogens with zero attached hydrogens (tertiary/aromatic N) is 1. The summed E-state index contributed by atoms with van der Waals surface area (Å²) in [7, 11) is 0. The van der Waals surface area contributed by atoms with Gasteiger partial charge in [0.2, 0.25) is 5.82 Å². The summed E-state index contributed by atoms with van der Waals surface area (Å²) in [6.45, 7) is 0. The third-order valence-electron chi connectivity index (χ3n) is 4.10. The summed E-state index contributed by atoms with van der Waals surface area (Å²) in [4.78, 5) is 23.3. The molecule has 0 aromatic heterocycles. The van der Waals surface area contributed by atoms with E-state index in [1.54, 1.807) is 12.1 Å². The van der Waals surface area contributed by atoms with E-state index in [-0.39, 0.29) is 21.8 Å². The van der Waals surface area contributed by atoms with Crippen LogP contribution in [0.15, 0.2) is 71.6 Å². The van der Waals surface area contributed by atoms with Crippen LogP contribution in [-0.2, 0) is 5.75 Å². The number of benzene rings is 3. The number of ketones is 1. The Labute approximate surface area is 174 Å². The Morgan fingerprint density at radius 1 is 0.933 bits per heavy atom. The summed E-state index contributed by atoms with van der Waals surface area (Å²) in [6.07, 6.45) is 1.41. The number of hydrogen-bond acceptors (Lipinski definition) is 4. The van der Waals surface area contributed by atoms with E-state index in [9.17, 15) is 28.1 Å². The van der Waals surface area contributed by atoms with Gasteiger partial charge in [-0.3, -0.25) is 14.9 Å². The zero-order valence-electron chi connectivity index (χ0n) is 15.3. The molecule has 0 aliphatic rings. The molecule has 0 radical (unpaired) electrons. The third kappa shape index (κ3) is 5.36. The average molecular weight is 429 g/mol. The lowest BCUT2D eigenvalue weighted by Gasteiger charge is -2.08. The molecule has 0 unspecified atom stereocenters. The molecule has 0 spiro atoms. The molecular weight excluding hydrogens is 415 g/mol. The Bertz CT molecular complexity index is 1110. The summed E-state index contributed by atoms with van der Waals surface area (Å²) in [6, 6.07) is 14.0. The predicted molar refractivity (Wildman–Crippen MR) is 109 cm³/mol. The second-order valence-electron chi connectivity index (χ2n) is 6.23. The lowest BCUT2D eigenvalue weighted by Crippen LogP contribution is -2.02. The van der Waals surface area contributed by atoms with Crippen LogP contribution in [-0.4, -0.2) is 10.7 Å². The Kier molecular flexibility index (Phi) is 6.68. The summed E-state index contributed by atoms with van der Waals surface area (Å²) in [5, 5.41) is 11.0. The largest absolute Gasteiger partial charge is 0.305 e. The van der Waals surface area contributed by atoms with E-state index >= 15 is 0 Å². The molecular formula is C22H14F3NO3S. The first kappa shape index (κ1) is 21.3. The van der Waals surface area contributed by atoms with Crippen molar-refractivity contribution >= 4 is 29.3 Å². The van der Waals surface area contributed by atoms with Crippen LogP contribution in [0, 0.1) is 27.6 Å². The molecule has 3 aromatic carbocycles. The van der Waals surface area contributed by atoms with Gasteiger partial charge in [0.1, 0.15) is 11.6 Å². The molecule has 0 N–H and O–H groups in total. The molecule has 0 saturated carbocycles. The third-order valence-corrected chi connectivity index (χ3v) is 5.19. The molecule has 3 aromatic rings. The van der Waals surface area contributed by atoms with Crippen molar-refractivity contribution in [3.63, 3.8) is 0 Å². The van der Waals surface area contributed by atoms with Crippen LogP contribution in [0.2, 0.25) is 0 Å². The lowest BCUT2D eigenvalue weighted by atomic mass is 10.1. The predicted octanol–water partition coefficient (Wildman–Crippen LogP) is 6.17. The summed E-state index contributed by atoms with van der Waals surface area (Å²) < 4.78 is 39.9. The fourth-order valence-corrected chi connectivity index (χ4v) is 3.55. The van der Waals surface area contributed by atoms with Gasteiger partial charge in [0.15, 0.2) is 5.78 Å². The molecule has 0 atom stereocenters. The summed E-state index contributed by atoms with van der Waals surface area (Å²) in [5.74, 6) is -1.97. The van der Waals surface area contributed by atoms with Crippen LogP contribution in [0.3, 0.4) is 0 Å². The van der Waals surface area contributed by atoms with Crippen molar-refractivity contribution in [1.29, 1.82) is 0 Å². The van der Waals surface area contributed by atoms with Crippen LogP contribution in [0.1, 0.15) is 21.5 Å². The van der Waals surface area contributed by atoms with Gasteiger partial charge < -0.3 is 0 Å². The van der Waals surface area contributed by atoms with E-state index in [1.807, 2.05) is 0 Å². The molecule has 0 heterocycles. The molecule has 30 heavy (non-hydrogen) atoms. The number of nitro groups is 1. The van der Waals surface area contributed by atoms with Crippen molar-refractivity contribution in [2.75, 3.05) is 0 Å². The minimum absolute atomic E-state index is 0.215. The Balaban J connectivity index is 1.95. The first-order valence-electron chi connectivity index (χ1n) is 8.66. The molecule has 0 aliphatic carbocycles. The number of carbonyl (C=O) groups excluding carboxylic acids is 1. The highest BCUT2D eigenvalue weighted by atomic mass is 32.2. The van der Waals surface area contributed by atoms with Gasteiger partial charge in [0.25, 0.3) is 0 Å². The molecule has 0 aliphatic heterocycles. The zero-order valence-corrected chi connectivity index (χ0v) is 16.2. The minimum Gasteiger partial charge on any atom is -0.288 e. The number of rotatable bonds is 7. The van der Waals surface area contributed by atoms with E-state index in [2.05, 4.69) is 0 Å². The van der Waals surface area contributed by atoms with Crippen LogP contribution in [0.25, 0.3) is 6.08 Å². The number of halogens is 3. The topological polar surface area (TPSA) is 60.2 Å². The highest BCUT2D eigenvalue weighted by molar-refractivity contribution is 8.03. The maximum atomic E-state index is 13.6. The SMILES string of the molecule is O=C(/C(=C\c1ccc(F)c([N+](=O)[O-])c1)SCc1ccc(F)cc1)c1ccc(F)cc1. The minimum atomic E-state index is -0.984. The van der Waals surface area contributed by atoms with Crippen LogP contribution in [0.4, 0.5) is 18.9 Å². The van der Waals surface area contributed by atoms with Gasteiger partial charge in [0, 0.05) is 17.4 Å². The highest BCUT2D eigenvalue weighted by Gasteiger charge is 2.17. The second-order valence-corrected chi connectivity index (χ2v) is 7.24. The zero-order chi connectivity index (χ0) is 21.7. The summed E-state index contributed by atoms with van der Waals surface area (Å²) in [5.41, 5.74) is 0.538. The summed E-state index contributed by atoms with van der Waals surface area (Å²) >= 11 is 1.13. The van der Waals surface area contributed by atoms with Crippen molar-refractivity contribution in [3.05, 3.63) is 116 Å². The Morgan fingerprint density at radius 3 is 2.13 bits per heavy atom.